The van der Waals surface area contributed by atoms with Crippen molar-refractivity contribution in [1.82, 2.24) is 15.6 Å². The summed E-state index contributed by atoms with van der Waals surface area (Å²) in [6, 6.07) is 13.8. The van der Waals surface area contributed by atoms with Crippen LogP contribution < -0.4 is 20.7 Å². The van der Waals surface area contributed by atoms with Gasteiger partial charge in [-0.25, -0.2) is 18.0 Å². The molecule has 0 fully saturated rings. The quantitative estimate of drug-likeness (QED) is 0.216. The molecule has 0 aliphatic heterocycles. The van der Waals surface area contributed by atoms with Crippen LogP contribution in [-0.4, -0.2) is 43.2 Å². The zero-order valence-electron chi connectivity index (χ0n) is 22.0. The van der Waals surface area contributed by atoms with Gasteiger partial charge in [0.2, 0.25) is 0 Å². The lowest BCUT2D eigenvalue weighted by Crippen LogP contribution is -2.31. The molecular formula is C27H31N5O7S. The van der Waals surface area contributed by atoms with E-state index >= 15 is 0 Å². The molecule has 1 heterocycles. The molecule has 5 N–H and O–H groups in total. The highest BCUT2D eigenvalue weighted by molar-refractivity contribution is 7.92. The van der Waals surface area contributed by atoms with E-state index in [1.54, 1.807) is 36.7 Å². The van der Waals surface area contributed by atoms with Crippen molar-refractivity contribution in [2.45, 2.75) is 37.8 Å². The minimum absolute atomic E-state index is 0.0940. The summed E-state index contributed by atoms with van der Waals surface area (Å²) < 4.78 is 33.8. The Labute approximate surface area is 232 Å². The van der Waals surface area contributed by atoms with Crippen molar-refractivity contribution in [3.05, 3.63) is 84.2 Å². The molecule has 0 aliphatic carbocycles. The van der Waals surface area contributed by atoms with Gasteiger partial charge in [0.15, 0.2) is 0 Å². The van der Waals surface area contributed by atoms with E-state index in [-0.39, 0.29) is 35.3 Å². The van der Waals surface area contributed by atoms with Crippen LogP contribution in [0, 0.1) is 5.92 Å². The molecule has 40 heavy (non-hydrogen) atoms. The number of ether oxygens (including phenoxy) is 1. The summed E-state index contributed by atoms with van der Waals surface area (Å²) in [4.78, 5) is 39.7. The van der Waals surface area contributed by atoms with E-state index < -0.39 is 40.6 Å². The average Bonchev–Trinajstić information content (AvgIpc) is 2.91. The third-order valence-electron chi connectivity index (χ3n) is 5.36. The van der Waals surface area contributed by atoms with Gasteiger partial charge in [-0.3, -0.25) is 14.5 Å². The number of benzene rings is 2. The fourth-order valence-corrected chi connectivity index (χ4v) is 4.58. The fourth-order valence-electron chi connectivity index (χ4n) is 3.49. The number of carboxylic acids is 1. The number of urea groups is 1. The summed E-state index contributed by atoms with van der Waals surface area (Å²) in [5, 5.41) is 17.1. The SMILES string of the molecule is CC(C)COC(=O)NC(CC(=O)O)c1cccc(NS(=O)(=O)c2cccc(NC(=O)NCc3ccncc3)c2)c1. The van der Waals surface area contributed by atoms with Gasteiger partial charge >= 0.3 is 18.1 Å². The molecule has 13 heteroatoms. The number of carbonyl (C=O) groups is 3. The molecule has 1 atom stereocenters. The average molecular weight is 570 g/mol. The molecule has 12 nitrogen and oxygen atoms in total. The van der Waals surface area contributed by atoms with Crippen molar-refractivity contribution in [1.29, 1.82) is 0 Å². The molecule has 0 saturated heterocycles. The minimum atomic E-state index is -4.09. The van der Waals surface area contributed by atoms with Gasteiger partial charge in [-0.2, -0.15) is 0 Å². The second-order valence-electron chi connectivity index (χ2n) is 9.21. The van der Waals surface area contributed by atoms with Crippen molar-refractivity contribution in [2.75, 3.05) is 16.6 Å². The molecule has 1 unspecified atom stereocenters. The number of carbonyl (C=O) groups excluding carboxylic acids is 2. The summed E-state index contributed by atoms with van der Waals surface area (Å²) in [5.74, 6) is -1.06. The molecule has 2 aromatic carbocycles. The molecular weight excluding hydrogens is 538 g/mol. The first kappa shape index (κ1) is 29.9. The summed E-state index contributed by atoms with van der Waals surface area (Å²) in [5.41, 5.74) is 1.62. The van der Waals surface area contributed by atoms with Gasteiger partial charge in [0, 0.05) is 30.3 Å². The van der Waals surface area contributed by atoms with Crippen LogP contribution in [0.5, 0.6) is 0 Å². The van der Waals surface area contributed by atoms with Crippen molar-refractivity contribution in [3.8, 4) is 0 Å². The van der Waals surface area contributed by atoms with Crippen LogP contribution in [0.2, 0.25) is 0 Å². The van der Waals surface area contributed by atoms with E-state index in [4.69, 9.17) is 4.74 Å². The van der Waals surface area contributed by atoms with Crippen LogP contribution in [0.1, 0.15) is 37.4 Å². The highest BCUT2D eigenvalue weighted by Gasteiger charge is 2.21. The lowest BCUT2D eigenvalue weighted by atomic mass is 10.0. The number of carboxylic acid groups (broad SMARTS) is 1. The fraction of sp³-hybridized carbons (Fsp3) is 0.259. The largest absolute Gasteiger partial charge is 0.481 e. The van der Waals surface area contributed by atoms with E-state index in [0.29, 0.717) is 5.56 Å². The Hall–Kier alpha value is -4.65. The number of hydrogen-bond acceptors (Lipinski definition) is 7. The predicted molar refractivity (Wildman–Crippen MR) is 148 cm³/mol. The second kappa shape index (κ2) is 13.9. The Kier molecular flexibility index (Phi) is 10.4. The number of alkyl carbamates (subject to hydrolysis) is 1. The van der Waals surface area contributed by atoms with Gasteiger partial charge < -0.3 is 25.8 Å². The molecule has 3 rings (SSSR count). The minimum Gasteiger partial charge on any atom is -0.481 e. The van der Waals surface area contributed by atoms with E-state index in [2.05, 4.69) is 25.7 Å². The summed E-state index contributed by atoms with van der Waals surface area (Å²) in [7, 11) is -4.09. The monoisotopic (exact) mass is 569 g/mol. The Morgan fingerprint density at radius 2 is 1.68 bits per heavy atom. The number of hydrogen-bond donors (Lipinski definition) is 5. The molecule has 0 bridgehead atoms. The first-order valence-electron chi connectivity index (χ1n) is 12.3. The van der Waals surface area contributed by atoms with Crippen molar-refractivity contribution < 1.29 is 32.6 Å². The van der Waals surface area contributed by atoms with Gasteiger partial charge in [0.25, 0.3) is 10.0 Å². The van der Waals surface area contributed by atoms with Crippen LogP contribution in [0.25, 0.3) is 0 Å². The second-order valence-corrected chi connectivity index (χ2v) is 10.9. The van der Waals surface area contributed by atoms with Crippen LogP contribution in [0.4, 0.5) is 21.0 Å². The lowest BCUT2D eigenvalue weighted by Gasteiger charge is -2.19. The Bertz CT molecular complexity index is 1430. The van der Waals surface area contributed by atoms with E-state index in [1.807, 2.05) is 13.8 Å². The third-order valence-corrected chi connectivity index (χ3v) is 6.74. The maximum absolute atomic E-state index is 13.1. The predicted octanol–water partition coefficient (Wildman–Crippen LogP) is 4.10. The standard InChI is InChI=1S/C27H31N5O7S/c1-18(2)17-39-27(36)31-24(15-25(33)34)20-5-3-7-22(13-20)32-40(37,38)23-8-4-6-21(14-23)30-26(35)29-16-19-9-11-28-12-10-19/h3-14,18,24,32H,15-17H2,1-2H3,(H,31,36)(H,33,34)(H2,29,30,35). The Morgan fingerprint density at radius 1 is 0.975 bits per heavy atom. The van der Waals surface area contributed by atoms with Crippen molar-refractivity contribution in [2.24, 2.45) is 5.92 Å². The molecule has 1 aromatic heterocycles. The molecule has 3 aromatic rings. The van der Waals surface area contributed by atoms with Crippen LogP contribution >= 0.6 is 0 Å². The zero-order chi connectivity index (χ0) is 29.1. The number of amides is 3. The van der Waals surface area contributed by atoms with E-state index in [1.165, 1.54) is 36.4 Å². The number of aromatic nitrogens is 1. The maximum Gasteiger partial charge on any atom is 0.407 e. The summed E-state index contributed by atoms with van der Waals surface area (Å²) >= 11 is 0. The molecule has 212 valence electrons. The summed E-state index contributed by atoms with van der Waals surface area (Å²) in [6.45, 7) is 4.15. The molecule has 3 amide bonds. The third kappa shape index (κ3) is 9.58. The van der Waals surface area contributed by atoms with Crippen LogP contribution in [0.3, 0.4) is 0 Å². The first-order valence-corrected chi connectivity index (χ1v) is 13.8. The highest BCUT2D eigenvalue weighted by atomic mass is 32.2. The number of aliphatic carboxylic acids is 1. The number of anilines is 2. The van der Waals surface area contributed by atoms with Gasteiger partial charge in [-0.1, -0.05) is 32.0 Å². The molecule has 0 radical (unpaired) electrons. The number of nitrogens with one attached hydrogen (secondary N) is 4. The normalized spacial score (nSPS) is 11.8. The molecule has 0 aliphatic rings. The first-order chi connectivity index (χ1) is 19.0. The highest BCUT2D eigenvalue weighted by Crippen LogP contribution is 2.24. The summed E-state index contributed by atoms with van der Waals surface area (Å²) in [6.07, 6.45) is 2.00. The van der Waals surface area contributed by atoms with Crippen LogP contribution in [0.15, 0.2) is 78.0 Å². The zero-order valence-corrected chi connectivity index (χ0v) is 22.8. The van der Waals surface area contributed by atoms with Gasteiger partial charge in [0.05, 0.1) is 24.0 Å². The lowest BCUT2D eigenvalue weighted by molar-refractivity contribution is -0.137. The van der Waals surface area contributed by atoms with E-state index in [0.717, 1.165) is 5.56 Å². The van der Waals surface area contributed by atoms with Crippen molar-refractivity contribution in [3.63, 3.8) is 0 Å². The smallest absolute Gasteiger partial charge is 0.407 e. The van der Waals surface area contributed by atoms with Gasteiger partial charge in [0.1, 0.15) is 0 Å². The maximum atomic E-state index is 13.1. The number of nitrogens with zero attached hydrogens (tertiary/aromatic N) is 1. The van der Waals surface area contributed by atoms with E-state index in [9.17, 15) is 27.9 Å². The number of rotatable bonds is 12. The van der Waals surface area contributed by atoms with Gasteiger partial charge in [-0.05, 0) is 59.5 Å². The molecule has 0 spiro atoms. The van der Waals surface area contributed by atoms with Gasteiger partial charge in [-0.15, -0.1) is 0 Å². The topological polar surface area (TPSA) is 176 Å². The Balaban J connectivity index is 1.70. The molecule has 0 saturated carbocycles. The number of sulfonamides is 1. The van der Waals surface area contributed by atoms with Crippen LogP contribution in [-0.2, 0) is 26.1 Å². The Morgan fingerprint density at radius 3 is 2.38 bits per heavy atom. The van der Waals surface area contributed by atoms with Crippen molar-refractivity contribution >= 4 is 39.5 Å². The number of pyridine rings is 1.